The molecule has 118 valence electrons. The van der Waals surface area contributed by atoms with E-state index in [1.54, 1.807) is 18.5 Å². The van der Waals surface area contributed by atoms with Crippen LogP contribution in [0.2, 0.25) is 0 Å². The van der Waals surface area contributed by atoms with Gasteiger partial charge < -0.3 is 9.80 Å². The Morgan fingerprint density at radius 2 is 1.86 bits per heavy atom. The number of anilines is 1. The van der Waals surface area contributed by atoms with Gasteiger partial charge in [0.2, 0.25) is 11.9 Å². The third-order valence-electron chi connectivity index (χ3n) is 4.64. The fourth-order valence-electron chi connectivity index (χ4n) is 3.53. The van der Waals surface area contributed by atoms with Gasteiger partial charge in [0.15, 0.2) is 0 Å². The van der Waals surface area contributed by atoms with Crippen LogP contribution >= 0.6 is 0 Å². The predicted octanol–water partition coefficient (Wildman–Crippen LogP) is 2.20. The second-order valence-corrected chi connectivity index (χ2v) is 6.69. The standard InChI is InChI=1S/C17H24N4O/c1-20(2)17-18-9-15(10-19-17)6-7-16(22)21-11-13-4-3-5-14(8-13)12-21/h6-7,9-10,13-14H,3-5,8,11-12H2,1-2H3. The average molecular weight is 300 g/mol. The molecule has 22 heavy (non-hydrogen) atoms. The number of rotatable bonds is 3. The molecule has 2 aliphatic rings. The predicted molar refractivity (Wildman–Crippen MR) is 87.4 cm³/mol. The second kappa shape index (κ2) is 6.46. The van der Waals surface area contributed by atoms with Crippen molar-refractivity contribution in [2.24, 2.45) is 11.8 Å². The lowest BCUT2D eigenvalue weighted by atomic mass is 9.78. The highest BCUT2D eigenvalue weighted by molar-refractivity contribution is 5.91. The molecule has 2 fully saturated rings. The summed E-state index contributed by atoms with van der Waals surface area (Å²) in [6, 6.07) is 0. The Kier molecular flexibility index (Phi) is 4.41. The van der Waals surface area contributed by atoms with E-state index in [2.05, 4.69) is 9.97 Å². The molecule has 2 atom stereocenters. The van der Waals surface area contributed by atoms with Crippen molar-refractivity contribution in [1.29, 1.82) is 0 Å². The SMILES string of the molecule is CN(C)c1ncc(C=CC(=O)N2CC3CCCC(C3)C2)cn1. The van der Waals surface area contributed by atoms with E-state index in [9.17, 15) is 4.79 Å². The van der Waals surface area contributed by atoms with Crippen molar-refractivity contribution in [1.82, 2.24) is 14.9 Å². The average Bonchev–Trinajstić information content (AvgIpc) is 2.52. The molecule has 1 aliphatic heterocycles. The number of likely N-dealkylation sites (tertiary alicyclic amines) is 1. The molecule has 2 bridgehead atoms. The van der Waals surface area contributed by atoms with Crippen molar-refractivity contribution in [3.05, 3.63) is 24.0 Å². The molecule has 2 heterocycles. The Morgan fingerprint density at radius 3 is 2.45 bits per heavy atom. The molecular formula is C17H24N4O. The maximum absolute atomic E-state index is 12.4. The Hall–Kier alpha value is -1.91. The summed E-state index contributed by atoms with van der Waals surface area (Å²) in [5.74, 6) is 2.22. The number of aromatic nitrogens is 2. The molecule has 0 aromatic carbocycles. The highest BCUT2D eigenvalue weighted by Crippen LogP contribution is 2.34. The number of hydrogen-bond donors (Lipinski definition) is 0. The third-order valence-corrected chi connectivity index (χ3v) is 4.64. The summed E-state index contributed by atoms with van der Waals surface area (Å²) in [4.78, 5) is 24.7. The minimum Gasteiger partial charge on any atom is -0.347 e. The number of amides is 1. The zero-order valence-electron chi connectivity index (χ0n) is 13.4. The first-order chi connectivity index (χ1) is 10.6. The summed E-state index contributed by atoms with van der Waals surface area (Å²) in [6.07, 6.45) is 12.2. The van der Waals surface area contributed by atoms with Crippen LogP contribution < -0.4 is 4.90 Å². The van der Waals surface area contributed by atoms with Crippen LogP contribution in [-0.2, 0) is 4.79 Å². The van der Waals surface area contributed by atoms with Gasteiger partial charge in [-0.05, 0) is 37.2 Å². The molecule has 1 saturated heterocycles. The number of nitrogens with zero attached hydrogens (tertiary/aromatic N) is 4. The Bertz CT molecular complexity index is 540. The topological polar surface area (TPSA) is 49.3 Å². The van der Waals surface area contributed by atoms with Crippen molar-refractivity contribution in [2.45, 2.75) is 25.7 Å². The van der Waals surface area contributed by atoms with Gasteiger partial charge in [-0.25, -0.2) is 9.97 Å². The van der Waals surface area contributed by atoms with E-state index in [1.165, 1.54) is 25.7 Å². The highest BCUT2D eigenvalue weighted by Gasteiger charge is 2.31. The maximum atomic E-state index is 12.4. The van der Waals surface area contributed by atoms with Crippen LogP contribution in [-0.4, -0.2) is 48.0 Å². The lowest BCUT2D eigenvalue weighted by Crippen LogP contribution is -2.45. The first kappa shape index (κ1) is 15.0. The summed E-state index contributed by atoms with van der Waals surface area (Å²) in [5, 5.41) is 0. The van der Waals surface area contributed by atoms with E-state index in [1.807, 2.05) is 30.0 Å². The monoisotopic (exact) mass is 300 g/mol. The molecule has 5 nitrogen and oxygen atoms in total. The summed E-state index contributed by atoms with van der Waals surface area (Å²) in [7, 11) is 3.81. The van der Waals surface area contributed by atoms with Crippen LogP contribution in [0, 0.1) is 11.8 Å². The van der Waals surface area contributed by atoms with E-state index in [0.29, 0.717) is 17.8 Å². The van der Waals surface area contributed by atoms with Gasteiger partial charge in [0.1, 0.15) is 0 Å². The zero-order valence-corrected chi connectivity index (χ0v) is 13.4. The number of piperidine rings is 1. The minimum atomic E-state index is 0.119. The van der Waals surface area contributed by atoms with Crippen LogP contribution in [0.1, 0.15) is 31.2 Å². The van der Waals surface area contributed by atoms with Crippen LogP contribution in [0.15, 0.2) is 18.5 Å². The van der Waals surface area contributed by atoms with Crippen molar-refractivity contribution < 1.29 is 4.79 Å². The quantitative estimate of drug-likeness (QED) is 0.803. The summed E-state index contributed by atoms with van der Waals surface area (Å²) in [6.45, 7) is 1.85. The Labute approximate surface area is 132 Å². The summed E-state index contributed by atoms with van der Waals surface area (Å²) < 4.78 is 0. The fourth-order valence-corrected chi connectivity index (χ4v) is 3.53. The lowest BCUT2D eigenvalue weighted by Gasteiger charge is -2.41. The zero-order chi connectivity index (χ0) is 15.5. The molecule has 0 N–H and O–H groups in total. The number of carbonyl (C=O) groups is 1. The van der Waals surface area contributed by atoms with Crippen molar-refractivity contribution in [3.63, 3.8) is 0 Å². The minimum absolute atomic E-state index is 0.119. The van der Waals surface area contributed by atoms with Gasteiger partial charge in [-0.1, -0.05) is 6.42 Å². The van der Waals surface area contributed by atoms with E-state index < -0.39 is 0 Å². The van der Waals surface area contributed by atoms with Crippen LogP contribution in [0.5, 0.6) is 0 Å². The van der Waals surface area contributed by atoms with Gasteiger partial charge in [-0.2, -0.15) is 0 Å². The summed E-state index contributed by atoms with van der Waals surface area (Å²) in [5.41, 5.74) is 0.858. The van der Waals surface area contributed by atoms with Crippen molar-refractivity contribution in [3.8, 4) is 0 Å². The first-order valence-electron chi connectivity index (χ1n) is 8.08. The Balaban J connectivity index is 1.61. The van der Waals surface area contributed by atoms with Gasteiger partial charge in [0.25, 0.3) is 0 Å². The molecular weight excluding hydrogens is 276 g/mol. The highest BCUT2D eigenvalue weighted by atomic mass is 16.2. The molecule has 2 unspecified atom stereocenters. The van der Waals surface area contributed by atoms with Crippen molar-refractivity contribution in [2.75, 3.05) is 32.1 Å². The molecule has 1 saturated carbocycles. The first-order valence-corrected chi connectivity index (χ1v) is 8.08. The summed E-state index contributed by atoms with van der Waals surface area (Å²) >= 11 is 0. The fraction of sp³-hybridized carbons (Fsp3) is 0.588. The van der Waals surface area contributed by atoms with E-state index in [0.717, 1.165) is 18.7 Å². The van der Waals surface area contributed by atoms with E-state index in [4.69, 9.17) is 0 Å². The molecule has 1 aliphatic carbocycles. The van der Waals surface area contributed by atoms with Gasteiger partial charge >= 0.3 is 0 Å². The molecule has 5 heteroatoms. The molecule has 1 aromatic heterocycles. The maximum Gasteiger partial charge on any atom is 0.246 e. The molecule has 1 amide bonds. The Morgan fingerprint density at radius 1 is 1.23 bits per heavy atom. The van der Waals surface area contributed by atoms with Crippen LogP contribution in [0.4, 0.5) is 5.95 Å². The smallest absolute Gasteiger partial charge is 0.246 e. The van der Waals surface area contributed by atoms with Crippen molar-refractivity contribution >= 4 is 17.9 Å². The number of fused-ring (bicyclic) bond motifs is 2. The normalized spacial score (nSPS) is 24.5. The van der Waals surface area contributed by atoms with Gasteiger partial charge in [-0.15, -0.1) is 0 Å². The largest absolute Gasteiger partial charge is 0.347 e. The van der Waals surface area contributed by atoms with E-state index in [-0.39, 0.29) is 5.91 Å². The van der Waals surface area contributed by atoms with Gasteiger partial charge in [0.05, 0.1) is 0 Å². The van der Waals surface area contributed by atoms with E-state index >= 15 is 0 Å². The van der Waals surface area contributed by atoms with Gasteiger partial charge in [0, 0.05) is 51.2 Å². The second-order valence-electron chi connectivity index (χ2n) is 6.69. The number of carbonyl (C=O) groups excluding carboxylic acids is 1. The molecule has 0 radical (unpaired) electrons. The number of hydrogen-bond acceptors (Lipinski definition) is 4. The van der Waals surface area contributed by atoms with Gasteiger partial charge in [-0.3, -0.25) is 4.79 Å². The molecule has 0 spiro atoms. The third kappa shape index (κ3) is 3.46. The van der Waals surface area contributed by atoms with Crippen LogP contribution in [0.3, 0.4) is 0 Å². The lowest BCUT2D eigenvalue weighted by molar-refractivity contribution is -0.129. The van der Waals surface area contributed by atoms with Crippen LogP contribution in [0.25, 0.3) is 6.08 Å². The molecule has 3 rings (SSSR count). The molecule has 1 aromatic rings.